The minimum Gasteiger partial charge on any atom is -0.497 e. The second kappa shape index (κ2) is 7.67. The van der Waals surface area contributed by atoms with Crippen molar-refractivity contribution in [3.63, 3.8) is 0 Å². The third-order valence-electron chi connectivity index (χ3n) is 4.78. The minimum absolute atomic E-state index is 0.163. The third kappa shape index (κ3) is 3.77. The Bertz CT molecular complexity index is 1140. The molecule has 0 atom stereocenters. The van der Waals surface area contributed by atoms with Crippen LogP contribution in [-0.2, 0) is 12.8 Å². The van der Waals surface area contributed by atoms with Crippen LogP contribution in [0.4, 0.5) is 11.9 Å². The molecule has 2 heterocycles. The Morgan fingerprint density at radius 3 is 1.90 bits per heavy atom. The number of hydrogen-bond acceptors (Lipinski definition) is 7. The van der Waals surface area contributed by atoms with Crippen LogP contribution in [0.2, 0.25) is 0 Å². The lowest BCUT2D eigenvalue weighted by atomic mass is 10.00. The normalized spacial score (nSPS) is 11.0. The summed E-state index contributed by atoms with van der Waals surface area (Å²) in [6.45, 7) is 0. The SMILES string of the molecule is COc1ccc(Cc2nc(N)n3nc(N)nc3c2Cc2ccc(OC)cc2)cc1. The van der Waals surface area contributed by atoms with Crippen LogP contribution >= 0.6 is 0 Å². The van der Waals surface area contributed by atoms with Gasteiger partial charge in [-0.1, -0.05) is 24.3 Å². The first-order valence-electron chi connectivity index (χ1n) is 9.12. The first kappa shape index (κ1) is 18.5. The molecular formula is C21H22N6O2. The molecule has 8 heteroatoms. The molecule has 0 unspecified atom stereocenters. The number of methoxy groups -OCH3 is 2. The molecule has 0 amide bonds. The van der Waals surface area contributed by atoms with Gasteiger partial charge in [0.05, 0.1) is 19.9 Å². The molecule has 0 aliphatic carbocycles. The Morgan fingerprint density at radius 2 is 1.34 bits per heavy atom. The van der Waals surface area contributed by atoms with Crippen LogP contribution in [-0.4, -0.2) is 33.8 Å². The summed E-state index contributed by atoms with van der Waals surface area (Å²) in [7, 11) is 3.29. The maximum absolute atomic E-state index is 6.13. The van der Waals surface area contributed by atoms with E-state index in [0.717, 1.165) is 33.9 Å². The summed E-state index contributed by atoms with van der Waals surface area (Å²) < 4.78 is 12.0. The number of anilines is 2. The van der Waals surface area contributed by atoms with Crippen molar-refractivity contribution in [2.75, 3.05) is 25.7 Å². The molecule has 0 fully saturated rings. The quantitative estimate of drug-likeness (QED) is 0.520. The molecule has 0 radical (unpaired) electrons. The number of aromatic nitrogens is 4. The van der Waals surface area contributed by atoms with E-state index in [4.69, 9.17) is 20.9 Å². The molecule has 2 aromatic carbocycles. The van der Waals surface area contributed by atoms with E-state index in [1.54, 1.807) is 14.2 Å². The average Bonchev–Trinajstić information content (AvgIpc) is 3.14. The first-order chi connectivity index (χ1) is 14.1. The van der Waals surface area contributed by atoms with Crippen LogP contribution in [0.5, 0.6) is 11.5 Å². The van der Waals surface area contributed by atoms with Crippen LogP contribution < -0.4 is 20.9 Å². The van der Waals surface area contributed by atoms with E-state index in [2.05, 4.69) is 15.1 Å². The van der Waals surface area contributed by atoms with Crippen molar-refractivity contribution in [2.45, 2.75) is 12.8 Å². The van der Waals surface area contributed by atoms with Crippen LogP contribution in [0, 0.1) is 0 Å². The van der Waals surface area contributed by atoms with Crippen molar-refractivity contribution >= 4 is 17.5 Å². The van der Waals surface area contributed by atoms with Crippen molar-refractivity contribution in [2.24, 2.45) is 0 Å². The lowest BCUT2D eigenvalue weighted by molar-refractivity contribution is 0.414. The molecule has 4 aromatic rings. The van der Waals surface area contributed by atoms with Gasteiger partial charge in [-0.3, -0.25) is 0 Å². The van der Waals surface area contributed by atoms with Gasteiger partial charge in [-0.05, 0) is 35.4 Å². The molecule has 4 rings (SSSR count). The van der Waals surface area contributed by atoms with Crippen molar-refractivity contribution < 1.29 is 9.47 Å². The third-order valence-corrected chi connectivity index (χ3v) is 4.78. The van der Waals surface area contributed by atoms with Crippen LogP contribution in [0.25, 0.3) is 5.65 Å². The lowest BCUT2D eigenvalue weighted by Crippen LogP contribution is -2.10. The largest absolute Gasteiger partial charge is 0.497 e. The van der Waals surface area contributed by atoms with Gasteiger partial charge in [-0.2, -0.15) is 9.50 Å². The second-order valence-electron chi connectivity index (χ2n) is 6.65. The number of nitrogens with two attached hydrogens (primary N) is 2. The summed E-state index contributed by atoms with van der Waals surface area (Å²) in [6.07, 6.45) is 1.22. The number of benzene rings is 2. The number of nitrogens with zero attached hydrogens (tertiary/aromatic N) is 4. The van der Waals surface area contributed by atoms with Crippen molar-refractivity contribution in [1.29, 1.82) is 0 Å². The highest BCUT2D eigenvalue weighted by atomic mass is 16.5. The Hall–Kier alpha value is -3.81. The Kier molecular flexibility index (Phi) is 4.90. The summed E-state index contributed by atoms with van der Waals surface area (Å²) in [4.78, 5) is 9.01. The number of nitrogen functional groups attached to an aromatic ring is 2. The molecule has 4 N–H and O–H groups in total. The summed E-state index contributed by atoms with van der Waals surface area (Å²) in [6, 6.07) is 15.8. The highest BCUT2D eigenvalue weighted by Crippen LogP contribution is 2.24. The van der Waals surface area contributed by atoms with Gasteiger partial charge in [0.2, 0.25) is 11.9 Å². The van der Waals surface area contributed by atoms with Gasteiger partial charge in [-0.15, -0.1) is 5.10 Å². The van der Waals surface area contributed by atoms with Gasteiger partial charge in [0.25, 0.3) is 0 Å². The van der Waals surface area contributed by atoms with E-state index >= 15 is 0 Å². The molecule has 0 saturated heterocycles. The minimum atomic E-state index is 0.163. The zero-order valence-electron chi connectivity index (χ0n) is 16.3. The van der Waals surface area contributed by atoms with E-state index in [0.29, 0.717) is 18.5 Å². The van der Waals surface area contributed by atoms with Gasteiger partial charge >= 0.3 is 0 Å². The standard InChI is InChI=1S/C21H22N6O2/c1-28-15-7-3-13(4-8-15)11-17-18(12-14-5-9-16(29-2)10-6-14)24-21(23)27-19(17)25-20(22)26-27/h3-10H,11-12H2,1-2H3,(H2,22,26)(H2,23,24). The van der Waals surface area contributed by atoms with Crippen LogP contribution in [0.1, 0.15) is 22.4 Å². The summed E-state index contributed by atoms with van der Waals surface area (Å²) in [5, 5.41) is 4.17. The van der Waals surface area contributed by atoms with Crippen molar-refractivity contribution in [3.05, 3.63) is 70.9 Å². The molecule has 8 nitrogen and oxygen atoms in total. The topological polar surface area (TPSA) is 114 Å². The van der Waals surface area contributed by atoms with Gasteiger partial charge < -0.3 is 20.9 Å². The lowest BCUT2D eigenvalue weighted by Gasteiger charge is -2.12. The molecular weight excluding hydrogens is 368 g/mol. The van der Waals surface area contributed by atoms with Crippen LogP contribution in [0.3, 0.4) is 0 Å². The van der Waals surface area contributed by atoms with Crippen molar-refractivity contribution in [1.82, 2.24) is 19.6 Å². The molecule has 29 heavy (non-hydrogen) atoms. The molecule has 0 spiro atoms. The van der Waals surface area contributed by atoms with Gasteiger partial charge in [0.1, 0.15) is 11.5 Å². The van der Waals surface area contributed by atoms with E-state index < -0.39 is 0 Å². The van der Waals surface area contributed by atoms with E-state index in [-0.39, 0.29) is 11.9 Å². The zero-order valence-corrected chi connectivity index (χ0v) is 16.3. The highest BCUT2D eigenvalue weighted by Gasteiger charge is 2.17. The van der Waals surface area contributed by atoms with Gasteiger partial charge in [0, 0.05) is 18.4 Å². The Balaban J connectivity index is 1.77. The Morgan fingerprint density at radius 1 is 0.793 bits per heavy atom. The molecule has 0 bridgehead atoms. The summed E-state index contributed by atoms with van der Waals surface area (Å²) in [5.41, 5.74) is 16.5. The average molecular weight is 390 g/mol. The molecule has 148 valence electrons. The number of fused-ring (bicyclic) bond motifs is 1. The predicted molar refractivity (Wildman–Crippen MR) is 111 cm³/mol. The van der Waals surface area contributed by atoms with E-state index in [1.807, 2.05) is 48.5 Å². The monoisotopic (exact) mass is 390 g/mol. The van der Waals surface area contributed by atoms with Gasteiger partial charge in [0.15, 0.2) is 5.65 Å². The zero-order chi connectivity index (χ0) is 20.4. The maximum atomic E-state index is 6.13. The maximum Gasteiger partial charge on any atom is 0.240 e. The Labute approximate surface area is 168 Å². The molecule has 0 aliphatic heterocycles. The highest BCUT2D eigenvalue weighted by molar-refractivity contribution is 5.57. The summed E-state index contributed by atoms with van der Waals surface area (Å²) in [5.74, 6) is 2.03. The fourth-order valence-corrected chi connectivity index (χ4v) is 3.28. The second-order valence-corrected chi connectivity index (χ2v) is 6.65. The number of ether oxygens (including phenoxy) is 2. The summed E-state index contributed by atoms with van der Waals surface area (Å²) >= 11 is 0. The predicted octanol–water partition coefficient (Wildman–Crippen LogP) is 2.49. The fraction of sp³-hybridized carbons (Fsp3) is 0.190. The smallest absolute Gasteiger partial charge is 0.240 e. The van der Waals surface area contributed by atoms with E-state index in [1.165, 1.54) is 4.52 Å². The molecule has 0 saturated carbocycles. The fourth-order valence-electron chi connectivity index (χ4n) is 3.28. The van der Waals surface area contributed by atoms with E-state index in [9.17, 15) is 0 Å². The first-order valence-corrected chi connectivity index (χ1v) is 9.12. The van der Waals surface area contributed by atoms with Crippen molar-refractivity contribution in [3.8, 4) is 11.5 Å². The number of hydrogen-bond donors (Lipinski definition) is 2. The van der Waals surface area contributed by atoms with Gasteiger partial charge in [-0.25, -0.2) is 4.98 Å². The van der Waals surface area contributed by atoms with Crippen LogP contribution in [0.15, 0.2) is 48.5 Å². The molecule has 0 aliphatic rings. The number of rotatable bonds is 6. The molecule has 2 aromatic heterocycles.